The van der Waals surface area contributed by atoms with Crippen LogP contribution in [-0.4, -0.2) is 24.4 Å². The number of halogens is 1. The molecular formula is C12H12ClNO3S. The molecule has 0 N–H and O–H groups in total. The van der Waals surface area contributed by atoms with Crippen LogP contribution < -0.4 is 4.74 Å². The van der Waals surface area contributed by atoms with Gasteiger partial charge in [0.1, 0.15) is 23.9 Å². The topological polar surface area (TPSA) is 59.3 Å². The maximum absolute atomic E-state index is 10.9. The Bertz CT molecular complexity index is 430. The first kappa shape index (κ1) is 14.7. The van der Waals surface area contributed by atoms with E-state index in [-0.39, 0.29) is 6.61 Å². The van der Waals surface area contributed by atoms with Crippen molar-refractivity contribution in [2.24, 2.45) is 0 Å². The quantitative estimate of drug-likeness (QED) is 0.594. The Labute approximate surface area is 115 Å². The van der Waals surface area contributed by atoms with Gasteiger partial charge in [-0.2, -0.15) is 5.26 Å². The molecule has 0 radical (unpaired) electrons. The number of hydrogen-bond acceptors (Lipinski definition) is 5. The highest BCUT2D eigenvalue weighted by atomic mass is 35.5. The van der Waals surface area contributed by atoms with E-state index < -0.39 is 12.1 Å². The van der Waals surface area contributed by atoms with Crippen molar-refractivity contribution in [1.82, 2.24) is 0 Å². The molecule has 0 saturated carbocycles. The summed E-state index contributed by atoms with van der Waals surface area (Å²) in [6, 6.07) is 6.87. The van der Waals surface area contributed by atoms with E-state index in [2.05, 4.69) is 0 Å². The van der Waals surface area contributed by atoms with Crippen molar-refractivity contribution in [1.29, 1.82) is 5.26 Å². The largest absolute Gasteiger partial charge is 0.490 e. The van der Waals surface area contributed by atoms with Crippen LogP contribution in [0.1, 0.15) is 6.92 Å². The molecule has 0 amide bonds. The summed E-state index contributed by atoms with van der Waals surface area (Å²) in [6.07, 6.45) is -0.442. The van der Waals surface area contributed by atoms with Crippen LogP contribution in [0.3, 0.4) is 0 Å². The molecule has 4 nitrogen and oxygen atoms in total. The fourth-order valence-corrected chi connectivity index (χ4v) is 1.75. The highest BCUT2D eigenvalue weighted by molar-refractivity contribution is 8.03. The molecule has 1 aromatic rings. The fraction of sp³-hybridized carbons (Fsp3) is 0.333. The second-order valence-corrected chi connectivity index (χ2v) is 4.64. The Morgan fingerprint density at radius 1 is 1.50 bits per heavy atom. The van der Waals surface area contributed by atoms with Crippen LogP contribution >= 0.6 is 23.4 Å². The fourth-order valence-electron chi connectivity index (χ4n) is 1.20. The molecule has 96 valence electrons. The molecule has 0 heterocycles. The molecule has 1 atom stereocenters. The Kier molecular flexibility index (Phi) is 6.40. The van der Waals surface area contributed by atoms with Gasteiger partial charge in [-0.25, -0.2) is 0 Å². The maximum Gasteiger partial charge on any atom is 0.303 e. The van der Waals surface area contributed by atoms with E-state index in [1.54, 1.807) is 24.3 Å². The number of benzene rings is 1. The highest BCUT2D eigenvalue weighted by Gasteiger charge is 2.13. The van der Waals surface area contributed by atoms with E-state index >= 15 is 0 Å². The molecule has 0 aromatic heterocycles. The van der Waals surface area contributed by atoms with Crippen molar-refractivity contribution in [3.05, 3.63) is 29.3 Å². The van der Waals surface area contributed by atoms with Gasteiger partial charge in [0.25, 0.3) is 0 Å². The van der Waals surface area contributed by atoms with Crippen LogP contribution in [0.15, 0.2) is 24.3 Å². The van der Waals surface area contributed by atoms with Crippen molar-refractivity contribution in [2.45, 2.75) is 13.0 Å². The van der Waals surface area contributed by atoms with E-state index in [9.17, 15) is 4.79 Å². The summed E-state index contributed by atoms with van der Waals surface area (Å²) in [5, 5.41) is 11.0. The molecule has 0 aliphatic carbocycles. The molecule has 1 rings (SSSR count). The average molecular weight is 286 g/mol. The molecule has 0 aliphatic rings. The second kappa shape index (κ2) is 7.85. The molecule has 0 fully saturated rings. The van der Waals surface area contributed by atoms with Gasteiger partial charge in [-0.1, -0.05) is 11.6 Å². The minimum Gasteiger partial charge on any atom is -0.490 e. The van der Waals surface area contributed by atoms with E-state index in [1.165, 1.54) is 6.92 Å². The Balaban J connectivity index is 2.47. The van der Waals surface area contributed by atoms with E-state index in [0.29, 0.717) is 16.5 Å². The number of thiocyanates is 1. The zero-order valence-corrected chi connectivity index (χ0v) is 11.3. The van der Waals surface area contributed by atoms with Crippen LogP contribution in [-0.2, 0) is 9.53 Å². The number of esters is 1. The molecule has 0 saturated heterocycles. The summed E-state index contributed by atoms with van der Waals surface area (Å²) in [6.45, 7) is 1.53. The van der Waals surface area contributed by atoms with Gasteiger partial charge in [-0.3, -0.25) is 4.79 Å². The molecule has 0 aliphatic heterocycles. The van der Waals surface area contributed by atoms with Crippen molar-refractivity contribution >= 4 is 29.3 Å². The van der Waals surface area contributed by atoms with Gasteiger partial charge in [0.05, 0.1) is 0 Å². The van der Waals surface area contributed by atoms with Gasteiger partial charge < -0.3 is 9.47 Å². The second-order valence-electron chi connectivity index (χ2n) is 3.40. The molecule has 0 unspecified atom stereocenters. The van der Waals surface area contributed by atoms with Gasteiger partial charge in [-0.15, -0.1) is 0 Å². The zero-order valence-electron chi connectivity index (χ0n) is 9.76. The zero-order chi connectivity index (χ0) is 13.4. The number of nitrogens with zero attached hydrogens (tertiary/aromatic N) is 1. The summed E-state index contributed by atoms with van der Waals surface area (Å²) >= 11 is 6.77. The minimum atomic E-state index is -0.442. The van der Waals surface area contributed by atoms with Crippen LogP contribution in [0.4, 0.5) is 0 Å². The normalized spacial score (nSPS) is 11.4. The lowest BCUT2D eigenvalue weighted by atomic mass is 10.3. The monoisotopic (exact) mass is 285 g/mol. The molecule has 1 aromatic carbocycles. The standard InChI is InChI=1S/C12H12ClNO3S/c1-9(15)17-12(7-18-8-14)6-16-11-4-2-10(13)3-5-11/h2-5,12H,6-7H2,1H3/t12-/m0/s1. The lowest BCUT2D eigenvalue weighted by molar-refractivity contribution is -0.146. The average Bonchev–Trinajstić information content (AvgIpc) is 2.34. The summed E-state index contributed by atoms with van der Waals surface area (Å²) in [4.78, 5) is 10.9. The molecule has 18 heavy (non-hydrogen) atoms. The first-order valence-corrected chi connectivity index (χ1v) is 6.54. The molecule has 0 bridgehead atoms. The van der Waals surface area contributed by atoms with E-state index in [4.69, 9.17) is 26.3 Å². The number of carbonyl (C=O) groups excluding carboxylic acids is 1. The highest BCUT2D eigenvalue weighted by Crippen LogP contribution is 2.16. The summed E-state index contributed by atoms with van der Waals surface area (Å²) < 4.78 is 10.5. The third-order valence-electron chi connectivity index (χ3n) is 1.92. The van der Waals surface area contributed by atoms with Crippen molar-refractivity contribution in [2.75, 3.05) is 12.4 Å². The summed E-state index contributed by atoms with van der Waals surface area (Å²) in [7, 11) is 0. The van der Waals surface area contributed by atoms with Gasteiger partial charge in [0.15, 0.2) is 0 Å². The predicted octanol–water partition coefficient (Wildman–Crippen LogP) is 2.86. The van der Waals surface area contributed by atoms with Crippen molar-refractivity contribution in [3.63, 3.8) is 0 Å². The number of ether oxygens (including phenoxy) is 2. The third kappa shape index (κ3) is 5.80. The molecular weight excluding hydrogens is 274 g/mol. The Morgan fingerprint density at radius 3 is 2.72 bits per heavy atom. The van der Waals surface area contributed by atoms with Crippen LogP contribution in [0.2, 0.25) is 5.02 Å². The lowest BCUT2D eigenvalue weighted by Crippen LogP contribution is -2.26. The minimum absolute atomic E-state index is 0.204. The number of hydrogen-bond donors (Lipinski definition) is 0. The van der Waals surface area contributed by atoms with Crippen LogP contribution in [0.5, 0.6) is 5.75 Å². The third-order valence-corrected chi connectivity index (χ3v) is 2.84. The first-order valence-electron chi connectivity index (χ1n) is 5.18. The van der Waals surface area contributed by atoms with E-state index in [0.717, 1.165) is 11.8 Å². The van der Waals surface area contributed by atoms with Crippen LogP contribution in [0.25, 0.3) is 0 Å². The lowest BCUT2D eigenvalue weighted by Gasteiger charge is -2.16. The summed E-state index contributed by atoms with van der Waals surface area (Å²) in [5.41, 5.74) is 0. The maximum atomic E-state index is 10.9. The SMILES string of the molecule is CC(=O)O[C@@H](COc1ccc(Cl)cc1)CSC#N. The number of thioether (sulfide) groups is 1. The van der Waals surface area contributed by atoms with E-state index in [1.807, 2.05) is 5.40 Å². The van der Waals surface area contributed by atoms with Crippen LogP contribution in [0, 0.1) is 10.7 Å². The van der Waals surface area contributed by atoms with Crippen molar-refractivity contribution in [3.8, 4) is 11.2 Å². The van der Waals surface area contributed by atoms with Gasteiger partial charge >= 0.3 is 5.97 Å². The smallest absolute Gasteiger partial charge is 0.303 e. The molecule has 0 spiro atoms. The molecule has 6 heteroatoms. The Hall–Kier alpha value is -1.38. The van der Waals surface area contributed by atoms with Crippen molar-refractivity contribution < 1.29 is 14.3 Å². The number of carbonyl (C=O) groups is 1. The van der Waals surface area contributed by atoms with Gasteiger partial charge in [0.2, 0.25) is 0 Å². The first-order chi connectivity index (χ1) is 8.61. The predicted molar refractivity (Wildman–Crippen MR) is 70.6 cm³/mol. The number of rotatable bonds is 6. The number of nitriles is 1. The van der Waals surface area contributed by atoms with Gasteiger partial charge in [0, 0.05) is 17.7 Å². The van der Waals surface area contributed by atoms with Gasteiger partial charge in [-0.05, 0) is 36.0 Å². The Morgan fingerprint density at radius 2 is 2.17 bits per heavy atom. The summed E-state index contributed by atoms with van der Waals surface area (Å²) in [5.74, 6) is 0.626.